The maximum Gasteiger partial charge on any atom is 0.0178 e. The highest BCUT2D eigenvalue weighted by Gasteiger charge is 2.03. The van der Waals surface area contributed by atoms with E-state index in [1.54, 1.807) is 0 Å². The first-order chi connectivity index (χ1) is 7.85. The Labute approximate surface area is 96.9 Å². The molecule has 1 heteroatoms. The summed E-state index contributed by atoms with van der Waals surface area (Å²) >= 11 is 0. The van der Waals surface area contributed by atoms with Crippen molar-refractivity contribution in [2.45, 2.75) is 19.9 Å². The summed E-state index contributed by atoms with van der Waals surface area (Å²) in [5.41, 5.74) is 10.8. The zero-order valence-corrected chi connectivity index (χ0v) is 9.61. The fourth-order valence-corrected chi connectivity index (χ4v) is 1.97. The molecule has 0 heterocycles. The van der Waals surface area contributed by atoms with E-state index in [1.165, 1.54) is 22.3 Å². The van der Waals surface area contributed by atoms with E-state index in [2.05, 4.69) is 49.4 Å². The van der Waals surface area contributed by atoms with Crippen molar-refractivity contribution in [2.75, 3.05) is 0 Å². The molecule has 2 rings (SSSR count). The Balaban J connectivity index is 2.49. The van der Waals surface area contributed by atoms with Crippen LogP contribution in [-0.4, -0.2) is 0 Å². The Bertz CT molecular complexity index is 460. The van der Waals surface area contributed by atoms with Crippen molar-refractivity contribution in [3.63, 3.8) is 0 Å². The van der Waals surface area contributed by atoms with Gasteiger partial charge in [0.05, 0.1) is 0 Å². The van der Waals surface area contributed by atoms with E-state index in [0.717, 1.165) is 6.42 Å². The molecule has 0 radical (unpaired) electrons. The maximum absolute atomic E-state index is 5.66. The van der Waals surface area contributed by atoms with Crippen LogP contribution in [0.25, 0.3) is 11.1 Å². The minimum atomic E-state index is 0.613. The average molecular weight is 211 g/mol. The SMILES string of the molecule is CCc1cc(CN)ccc1-c1ccccc1. The number of aryl methyl sites for hydroxylation is 1. The van der Waals surface area contributed by atoms with Crippen LogP contribution in [0, 0.1) is 0 Å². The lowest BCUT2D eigenvalue weighted by atomic mass is 9.96. The summed E-state index contributed by atoms with van der Waals surface area (Å²) in [7, 11) is 0. The second-order valence-electron chi connectivity index (χ2n) is 3.92. The van der Waals surface area contributed by atoms with Gasteiger partial charge in [-0.3, -0.25) is 0 Å². The normalized spacial score (nSPS) is 10.4. The van der Waals surface area contributed by atoms with Gasteiger partial charge in [0.1, 0.15) is 0 Å². The van der Waals surface area contributed by atoms with Crippen molar-refractivity contribution in [3.05, 3.63) is 59.7 Å². The van der Waals surface area contributed by atoms with Crippen LogP contribution >= 0.6 is 0 Å². The number of rotatable bonds is 3. The molecule has 0 fully saturated rings. The zero-order chi connectivity index (χ0) is 11.4. The predicted molar refractivity (Wildman–Crippen MR) is 69.1 cm³/mol. The molecule has 1 nitrogen and oxygen atoms in total. The molecule has 0 aliphatic rings. The van der Waals surface area contributed by atoms with Crippen LogP contribution in [0.2, 0.25) is 0 Å². The lowest BCUT2D eigenvalue weighted by Gasteiger charge is -2.09. The summed E-state index contributed by atoms with van der Waals surface area (Å²) in [5.74, 6) is 0. The molecule has 16 heavy (non-hydrogen) atoms. The van der Waals surface area contributed by atoms with Gasteiger partial charge in [0.15, 0.2) is 0 Å². The fourth-order valence-electron chi connectivity index (χ4n) is 1.97. The predicted octanol–water partition coefficient (Wildman–Crippen LogP) is 3.37. The summed E-state index contributed by atoms with van der Waals surface area (Å²) in [6.45, 7) is 2.80. The maximum atomic E-state index is 5.66. The van der Waals surface area contributed by atoms with Crippen LogP contribution in [0.15, 0.2) is 48.5 Å². The summed E-state index contributed by atoms with van der Waals surface area (Å²) in [4.78, 5) is 0. The molecule has 2 aromatic rings. The molecule has 0 saturated heterocycles. The Morgan fingerprint density at radius 1 is 1.00 bits per heavy atom. The van der Waals surface area contributed by atoms with Crippen LogP contribution in [0.5, 0.6) is 0 Å². The van der Waals surface area contributed by atoms with E-state index in [0.29, 0.717) is 6.54 Å². The Kier molecular flexibility index (Phi) is 3.37. The lowest BCUT2D eigenvalue weighted by Crippen LogP contribution is -1.98. The second kappa shape index (κ2) is 4.95. The van der Waals surface area contributed by atoms with Gasteiger partial charge in [0.25, 0.3) is 0 Å². The third-order valence-electron chi connectivity index (χ3n) is 2.87. The zero-order valence-electron chi connectivity index (χ0n) is 9.61. The van der Waals surface area contributed by atoms with Gasteiger partial charge in [-0.15, -0.1) is 0 Å². The van der Waals surface area contributed by atoms with Gasteiger partial charge in [-0.1, -0.05) is 55.5 Å². The molecular formula is C15H17N. The van der Waals surface area contributed by atoms with Crippen LogP contribution in [0.4, 0.5) is 0 Å². The molecule has 82 valence electrons. The molecule has 0 aliphatic carbocycles. The Morgan fingerprint density at radius 2 is 1.75 bits per heavy atom. The first kappa shape index (κ1) is 10.9. The molecule has 2 aromatic carbocycles. The first-order valence-corrected chi connectivity index (χ1v) is 5.72. The highest BCUT2D eigenvalue weighted by Crippen LogP contribution is 2.24. The van der Waals surface area contributed by atoms with E-state index < -0.39 is 0 Å². The van der Waals surface area contributed by atoms with Gasteiger partial charge in [-0.2, -0.15) is 0 Å². The second-order valence-corrected chi connectivity index (χ2v) is 3.92. The highest BCUT2D eigenvalue weighted by atomic mass is 14.5. The summed E-state index contributed by atoms with van der Waals surface area (Å²) in [6, 6.07) is 17.0. The molecule has 0 aromatic heterocycles. The van der Waals surface area contributed by atoms with Crippen molar-refractivity contribution in [1.82, 2.24) is 0 Å². The third-order valence-corrected chi connectivity index (χ3v) is 2.87. The highest BCUT2D eigenvalue weighted by molar-refractivity contribution is 5.67. The number of hydrogen-bond acceptors (Lipinski definition) is 1. The van der Waals surface area contributed by atoms with Gasteiger partial charge in [-0.05, 0) is 28.7 Å². The Morgan fingerprint density at radius 3 is 2.38 bits per heavy atom. The fraction of sp³-hybridized carbons (Fsp3) is 0.200. The third kappa shape index (κ3) is 2.15. The van der Waals surface area contributed by atoms with Crippen molar-refractivity contribution < 1.29 is 0 Å². The number of nitrogens with two attached hydrogens (primary N) is 1. The van der Waals surface area contributed by atoms with E-state index in [-0.39, 0.29) is 0 Å². The van der Waals surface area contributed by atoms with Crippen LogP contribution in [0.3, 0.4) is 0 Å². The summed E-state index contributed by atoms with van der Waals surface area (Å²) < 4.78 is 0. The first-order valence-electron chi connectivity index (χ1n) is 5.72. The number of hydrogen-bond donors (Lipinski definition) is 1. The average Bonchev–Trinajstić information content (AvgIpc) is 2.39. The van der Waals surface area contributed by atoms with Gasteiger partial charge in [-0.25, -0.2) is 0 Å². The monoisotopic (exact) mass is 211 g/mol. The van der Waals surface area contributed by atoms with Gasteiger partial charge < -0.3 is 5.73 Å². The van der Waals surface area contributed by atoms with E-state index in [1.807, 2.05) is 6.07 Å². The van der Waals surface area contributed by atoms with E-state index in [4.69, 9.17) is 5.73 Å². The van der Waals surface area contributed by atoms with Gasteiger partial charge >= 0.3 is 0 Å². The van der Waals surface area contributed by atoms with Crippen LogP contribution in [-0.2, 0) is 13.0 Å². The molecular weight excluding hydrogens is 194 g/mol. The van der Waals surface area contributed by atoms with Crippen LogP contribution in [0.1, 0.15) is 18.1 Å². The molecule has 0 unspecified atom stereocenters. The molecule has 2 N–H and O–H groups in total. The molecule has 0 bridgehead atoms. The molecule has 0 saturated carbocycles. The molecule has 0 spiro atoms. The topological polar surface area (TPSA) is 26.0 Å². The minimum absolute atomic E-state index is 0.613. The summed E-state index contributed by atoms with van der Waals surface area (Å²) in [5, 5.41) is 0. The van der Waals surface area contributed by atoms with E-state index in [9.17, 15) is 0 Å². The smallest absolute Gasteiger partial charge is 0.0178 e. The van der Waals surface area contributed by atoms with Crippen molar-refractivity contribution in [1.29, 1.82) is 0 Å². The Hall–Kier alpha value is -1.60. The molecule has 0 atom stereocenters. The van der Waals surface area contributed by atoms with Crippen molar-refractivity contribution in [2.24, 2.45) is 5.73 Å². The standard InChI is InChI=1S/C15H17N/c1-2-13-10-12(11-16)8-9-15(13)14-6-4-3-5-7-14/h3-10H,2,11,16H2,1H3. The van der Waals surface area contributed by atoms with E-state index >= 15 is 0 Å². The lowest BCUT2D eigenvalue weighted by molar-refractivity contribution is 1.05. The molecule has 0 amide bonds. The number of benzene rings is 2. The van der Waals surface area contributed by atoms with Crippen molar-refractivity contribution in [3.8, 4) is 11.1 Å². The van der Waals surface area contributed by atoms with Gasteiger partial charge in [0, 0.05) is 6.54 Å². The largest absolute Gasteiger partial charge is 0.326 e. The molecule has 0 aliphatic heterocycles. The van der Waals surface area contributed by atoms with Gasteiger partial charge in [0.2, 0.25) is 0 Å². The minimum Gasteiger partial charge on any atom is -0.326 e. The summed E-state index contributed by atoms with van der Waals surface area (Å²) in [6.07, 6.45) is 1.04. The van der Waals surface area contributed by atoms with Crippen molar-refractivity contribution >= 4 is 0 Å². The van der Waals surface area contributed by atoms with Crippen LogP contribution < -0.4 is 5.73 Å². The quantitative estimate of drug-likeness (QED) is 0.827.